The minimum absolute atomic E-state index is 0.338. The van der Waals surface area contributed by atoms with Gasteiger partial charge in [0.2, 0.25) is 0 Å². The van der Waals surface area contributed by atoms with Crippen LogP contribution in [0.1, 0.15) is 44.9 Å². The van der Waals surface area contributed by atoms with Crippen molar-refractivity contribution in [3.05, 3.63) is 30.1 Å². The van der Waals surface area contributed by atoms with E-state index in [1.165, 1.54) is 25.7 Å². The maximum atomic E-state index is 5.62. The fraction of sp³-hybridized carbons (Fsp3) is 0.619. The number of aromatic nitrogens is 2. The summed E-state index contributed by atoms with van der Waals surface area (Å²) >= 11 is 0. The molecule has 3 rings (SSSR count). The Balaban J connectivity index is 1.56. The lowest BCUT2D eigenvalue weighted by atomic mass is 9.83. The van der Waals surface area contributed by atoms with Crippen LogP contribution in [0.25, 0.3) is 11.0 Å². The van der Waals surface area contributed by atoms with Gasteiger partial charge < -0.3 is 19.9 Å². The first kappa shape index (κ1) is 19.7. The van der Waals surface area contributed by atoms with Crippen molar-refractivity contribution in [2.45, 2.75) is 45.6 Å². The van der Waals surface area contributed by atoms with Crippen LogP contribution in [0, 0.1) is 5.41 Å². The average Bonchev–Trinajstić information content (AvgIpc) is 3.28. The van der Waals surface area contributed by atoms with Gasteiger partial charge in [0.15, 0.2) is 5.96 Å². The number of ether oxygens (including phenoxy) is 1. The maximum absolute atomic E-state index is 5.62. The fourth-order valence-electron chi connectivity index (χ4n) is 4.08. The highest BCUT2D eigenvalue weighted by Gasteiger charge is 2.33. The van der Waals surface area contributed by atoms with Crippen LogP contribution in [0.4, 0.5) is 0 Å². The van der Waals surface area contributed by atoms with Crippen LogP contribution in [0.5, 0.6) is 0 Å². The molecule has 1 fully saturated rings. The van der Waals surface area contributed by atoms with E-state index in [0.29, 0.717) is 12.0 Å². The molecule has 0 aliphatic heterocycles. The van der Waals surface area contributed by atoms with Crippen molar-refractivity contribution in [1.29, 1.82) is 0 Å². The molecule has 148 valence electrons. The van der Waals surface area contributed by atoms with E-state index >= 15 is 0 Å². The van der Waals surface area contributed by atoms with Gasteiger partial charge >= 0.3 is 0 Å². The lowest BCUT2D eigenvalue weighted by molar-refractivity contribution is 0.105. The van der Waals surface area contributed by atoms with Crippen molar-refractivity contribution >= 4 is 17.0 Å². The van der Waals surface area contributed by atoms with Crippen LogP contribution < -0.4 is 10.6 Å². The predicted molar refractivity (Wildman–Crippen MR) is 111 cm³/mol. The molecule has 6 nitrogen and oxygen atoms in total. The second kappa shape index (κ2) is 9.22. The van der Waals surface area contributed by atoms with Crippen LogP contribution in [-0.2, 0) is 18.3 Å². The van der Waals surface area contributed by atoms with Gasteiger partial charge in [-0.25, -0.2) is 4.98 Å². The Morgan fingerprint density at radius 3 is 2.74 bits per heavy atom. The second-order valence-corrected chi connectivity index (χ2v) is 7.51. The standard InChI is InChI=1S/C21H33N5O/c1-4-27-14-13-21(11-7-8-12-21)16-24-20(22-2)23-15-19-25-17-9-5-6-10-18(17)26(19)3/h5-6,9-10H,4,7-8,11-16H2,1-3H3,(H2,22,23,24). The molecule has 0 atom stereocenters. The summed E-state index contributed by atoms with van der Waals surface area (Å²) in [4.78, 5) is 9.12. The SMILES string of the molecule is CCOCCC1(CNC(=NC)NCc2nc3ccccc3n2C)CCCC1. The van der Waals surface area contributed by atoms with Crippen molar-refractivity contribution in [2.24, 2.45) is 17.5 Å². The molecule has 0 amide bonds. The molecule has 27 heavy (non-hydrogen) atoms. The summed E-state index contributed by atoms with van der Waals surface area (Å²) in [5, 5.41) is 6.97. The monoisotopic (exact) mass is 371 g/mol. The zero-order valence-corrected chi connectivity index (χ0v) is 16.9. The van der Waals surface area contributed by atoms with E-state index < -0.39 is 0 Å². The smallest absolute Gasteiger partial charge is 0.191 e. The van der Waals surface area contributed by atoms with Crippen LogP contribution in [0.3, 0.4) is 0 Å². The molecule has 1 aromatic carbocycles. The predicted octanol–water partition coefficient (Wildman–Crippen LogP) is 3.23. The van der Waals surface area contributed by atoms with Crippen LogP contribution >= 0.6 is 0 Å². The average molecular weight is 372 g/mol. The van der Waals surface area contributed by atoms with Gasteiger partial charge in [-0.05, 0) is 43.7 Å². The number of hydrogen-bond acceptors (Lipinski definition) is 3. The number of aryl methyl sites for hydroxylation is 1. The van der Waals surface area contributed by atoms with E-state index in [4.69, 9.17) is 9.72 Å². The quantitative estimate of drug-likeness (QED) is 0.425. The Morgan fingerprint density at radius 2 is 2.04 bits per heavy atom. The van der Waals surface area contributed by atoms with E-state index in [1.807, 2.05) is 25.2 Å². The number of fused-ring (bicyclic) bond motifs is 1. The van der Waals surface area contributed by atoms with Crippen molar-refractivity contribution in [2.75, 3.05) is 26.8 Å². The van der Waals surface area contributed by atoms with Crippen LogP contribution in [-0.4, -0.2) is 42.3 Å². The summed E-state index contributed by atoms with van der Waals surface area (Å²) in [5.74, 6) is 1.84. The van der Waals surface area contributed by atoms with E-state index in [9.17, 15) is 0 Å². The van der Waals surface area contributed by atoms with Crippen molar-refractivity contribution in [1.82, 2.24) is 20.2 Å². The van der Waals surface area contributed by atoms with E-state index in [2.05, 4.69) is 40.2 Å². The molecule has 0 unspecified atom stereocenters. The van der Waals surface area contributed by atoms with Gasteiger partial charge in [0, 0.05) is 33.9 Å². The molecule has 0 radical (unpaired) electrons. The third kappa shape index (κ3) is 4.80. The van der Waals surface area contributed by atoms with Gasteiger partial charge in [-0.15, -0.1) is 0 Å². The van der Waals surface area contributed by atoms with Gasteiger partial charge in [-0.3, -0.25) is 4.99 Å². The Labute approximate surface area is 162 Å². The third-order valence-corrected chi connectivity index (χ3v) is 5.79. The number of imidazole rings is 1. The minimum atomic E-state index is 0.338. The maximum Gasteiger partial charge on any atom is 0.191 e. The zero-order chi connectivity index (χ0) is 19.1. The van der Waals surface area contributed by atoms with E-state index in [1.54, 1.807) is 0 Å². The fourth-order valence-corrected chi connectivity index (χ4v) is 4.08. The van der Waals surface area contributed by atoms with Crippen LogP contribution in [0.15, 0.2) is 29.3 Å². The largest absolute Gasteiger partial charge is 0.382 e. The summed E-state index contributed by atoms with van der Waals surface area (Å²) in [6, 6.07) is 8.22. The van der Waals surface area contributed by atoms with Gasteiger partial charge in [0.25, 0.3) is 0 Å². The highest BCUT2D eigenvalue weighted by molar-refractivity contribution is 5.80. The first-order chi connectivity index (χ1) is 13.2. The van der Waals surface area contributed by atoms with Crippen molar-refractivity contribution in [3.8, 4) is 0 Å². The third-order valence-electron chi connectivity index (χ3n) is 5.79. The lowest BCUT2D eigenvalue weighted by Crippen LogP contribution is -2.43. The Hall–Kier alpha value is -2.08. The second-order valence-electron chi connectivity index (χ2n) is 7.51. The first-order valence-electron chi connectivity index (χ1n) is 10.1. The van der Waals surface area contributed by atoms with Crippen molar-refractivity contribution in [3.63, 3.8) is 0 Å². The molecular weight excluding hydrogens is 338 g/mol. The molecule has 2 aromatic rings. The van der Waals surface area contributed by atoms with Gasteiger partial charge in [-0.1, -0.05) is 25.0 Å². The molecule has 1 aliphatic carbocycles. The number of hydrogen-bond donors (Lipinski definition) is 2. The molecule has 1 saturated carbocycles. The highest BCUT2D eigenvalue weighted by Crippen LogP contribution is 2.40. The van der Waals surface area contributed by atoms with E-state index in [0.717, 1.165) is 49.0 Å². The summed E-state index contributed by atoms with van der Waals surface area (Å²) in [6.45, 7) is 5.31. The van der Waals surface area contributed by atoms with Gasteiger partial charge in [-0.2, -0.15) is 0 Å². The number of benzene rings is 1. The molecule has 0 bridgehead atoms. The number of guanidine groups is 1. The topological polar surface area (TPSA) is 63.5 Å². The molecule has 1 aliphatic rings. The molecule has 0 saturated heterocycles. The molecule has 1 aromatic heterocycles. The van der Waals surface area contributed by atoms with E-state index in [-0.39, 0.29) is 0 Å². The molecule has 6 heteroatoms. The normalized spacial score (nSPS) is 16.8. The number of nitrogens with zero attached hydrogens (tertiary/aromatic N) is 3. The zero-order valence-electron chi connectivity index (χ0n) is 16.9. The number of nitrogens with one attached hydrogen (secondary N) is 2. The minimum Gasteiger partial charge on any atom is -0.382 e. The summed E-state index contributed by atoms with van der Waals surface area (Å²) in [7, 11) is 3.88. The number of rotatable bonds is 8. The number of para-hydroxylation sites is 2. The Morgan fingerprint density at radius 1 is 1.26 bits per heavy atom. The molecular formula is C21H33N5O. The Kier molecular flexibility index (Phi) is 6.72. The highest BCUT2D eigenvalue weighted by atomic mass is 16.5. The summed E-state index contributed by atoms with van der Waals surface area (Å²) in [6.07, 6.45) is 6.30. The molecule has 2 N–H and O–H groups in total. The first-order valence-corrected chi connectivity index (χ1v) is 10.1. The van der Waals surface area contributed by atoms with Gasteiger partial charge in [0.05, 0.1) is 17.6 Å². The van der Waals surface area contributed by atoms with Crippen molar-refractivity contribution < 1.29 is 4.74 Å². The summed E-state index contributed by atoms with van der Waals surface area (Å²) in [5.41, 5.74) is 2.52. The van der Waals surface area contributed by atoms with Gasteiger partial charge in [0.1, 0.15) is 5.82 Å². The Bertz CT molecular complexity index is 761. The van der Waals surface area contributed by atoms with Crippen LogP contribution in [0.2, 0.25) is 0 Å². The molecule has 1 heterocycles. The lowest BCUT2D eigenvalue weighted by Gasteiger charge is -2.30. The number of aliphatic imine (C=N–C) groups is 1. The summed E-state index contributed by atoms with van der Waals surface area (Å²) < 4.78 is 7.75. The molecule has 0 spiro atoms.